The molecule has 2 aromatic rings. The van der Waals surface area contributed by atoms with Crippen LogP contribution in [0, 0.1) is 12.7 Å². The minimum absolute atomic E-state index is 0.0586. The Labute approximate surface area is 158 Å². The highest BCUT2D eigenvalue weighted by Crippen LogP contribution is 2.36. The molecule has 5 nitrogen and oxygen atoms in total. The zero-order chi connectivity index (χ0) is 19.8. The van der Waals surface area contributed by atoms with Crippen LogP contribution >= 0.6 is 0 Å². The topological polar surface area (TPSA) is 58.6 Å². The van der Waals surface area contributed by atoms with Gasteiger partial charge in [0.15, 0.2) is 6.61 Å². The number of halogens is 1. The van der Waals surface area contributed by atoms with Gasteiger partial charge in [0.25, 0.3) is 5.91 Å². The van der Waals surface area contributed by atoms with Crippen LogP contribution in [0.1, 0.15) is 31.9 Å². The zero-order valence-electron chi connectivity index (χ0n) is 15.9. The van der Waals surface area contributed by atoms with Crippen molar-refractivity contribution < 1.29 is 18.7 Å². The quantitative estimate of drug-likeness (QED) is 0.894. The molecule has 1 N–H and O–H groups in total. The predicted molar refractivity (Wildman–Crippen MR) is 103 cm³/mol. The summed E-state index contributed by atoms with van der Waals surface area (Å²) in [6.45, 7) is 7.77. The first-order valence-electron chi connectivity index (χ1n) is 8.79. The number of carbonyl (C=O) groups is 2. The van der Waals surface area contributed by atoms with Gasteiger partial charge in [-0.25, -0.2) is 4.39 Å². The summed E-state index contributed by atoms with van der Waals surface area (Å²) in [4.78, 5) is 26.2. The Morgan fingerprint density at radius 1 is 1.22 bits per heavy atom. The van der Waals surface area contributed by atoms with E-state index in [1.807, 2.05) is 12.1 Å². The van der Waals surface area contributed by atoms with E-state index in [2.05, 4.69) is 26.1 Å². The second-order valence-electron chi connectivity index (χ2n) is 7.71. The predicted octanol–water partition coefficient (Wildman–Crippen LogP) is 3.80. The number of hydrogen-bond donors (Lipinski definition) is 1. The lowest BCUT2D eigenvalue weighted by atomic mass is 9.86. The molecule has 0 atom stereocenters. The molecule has 0 spiro atoms. The number of benzene rings is 2. The molecular weight excluding hydrogens is 347 g/mol. The van der Waals surface area contributed by atoms with Gasteiger partial charge in [-0.1, -0.05) is 32.9 Å². The van der Waals surface area contributed by atoms with Crippen LogP contribution < -0.4 is 15.0 Å². The maximum Gasteiger partial charge on any atom is 0.265 e. The summed E-state index contributed by atoms with van der Waals surface area (Å²) < 4.78 is 19.0. The molecule has 1 aliphatic rings. The molecule has 0 fully saturated rings. The molecule has 3 rings (SSSR count). The van der Waals surface area contributed by atoms with Gasteiger partial charge in [0, 0.05) is 5.69 Å². The molecule has 2 aromatic carbocycles. The van der Waals surface area contributed by atoms with Crippen LogP contribution in [0.4, 0.5) is 15.8 Å². The van der Waals surface area contributed by atoms with E-state index < -0.39 is 11.7 Å². The lowest BCUT2D eigenvalue weighted by Crippen LogP contribution is -2.43. The number of aryl methyl sites for hydroxylation is 1. The SMILES string of the molecule is Cc1ccc(F)cc1NC(=O)CN1C(=O)COc2cc(C(C)(C)C)ccc21. The molecule has 0 aromatic heterocycles. The van der Waals surface area contributed by atoms with Gasteiger partial charge in [-0.05, 0) is 47.7 Å². The monoisotopic (exact) mass is 370 g/mol. The lowest BCUT2D eigenvalue weighted by Gasteiger charge is -2.30. The smallest absolute Gasteiger partial charge is 0.265 e. The minimum Gasteiger partial charge on any atom is -0.482 e. The third-order valence-corrected chi connectivity index (χ3v) is 4.54. The van der Waals surface area contributed by atoms with Gasteiger partial charge >= 0.3 is 0 Å². The first kappa shape index (κ1) is 18.9. The Bertz CT molecular complexity index is 903. The third-order valence-electron chi connectivity index (χ3n) is 4.54. The van der Waals surface area contributed by atoms with E-state index in [9.17, 15) is 14.0 Å². The number of hydrogen-bond acceptors (Lipinski definition) is 3. The maximum atomic E-state index is 13.4. The number of nitrogens with one attached hydrogen (secondary N) is 1. The van der Waals surface area contributed by atoms with E-state index in [0.717, 1.165) is 11.1 Å². The summed E-state index contributed by atoms with van der Waals surface area (Å²) in [6.07, 6.45) is 0. The number of nitrogens with zero attached hydrogens (tertiary/aromatic N) is 1. The van der Waals surface area contributed by atoms with Crippen molar-refractivity contribution in [3.8, 4) is 5.75 Å². The van der Waals surface area contributed by atoms with E-state index in [1.165, 1.54) is 17.0 Å². The van der Waals surface area contributed by atoms with Crippen LogP contribution in [0.2, 0.25) is 0 Å². The van der Waals surface area contributed by atoms with Gasteiger partial charge in [0.2, 0.25) is 5.91 Å². The molecule has 1 aliphatic heterocycles. The molecular formula is C21H23FN2O3. The fourth-order valence-electron chi connectivity index (χ4n) is 2.91. The number of anilines is 2. The van der Waals surface area contributed by atoms with Gasteiger partial charge in [-0.15, -0.1) is 0 Å². The van der Waals surface area contributed by atoms with E-state index in [-0.39, 0.29) is 24.5 Å². The van der Waals surface area contributed by atoms with Crippen LogP contribution in [0.5, 0.6) is 5.75 Å². The lowest BCUT2D eigenvalue weighted by molar-refractivity contribution is -0.123. The van der Waals surface area contributed by atoms with Crippen LogP contribution in [0.15, 0.2) is 36.4 Å². The van der Waals surface area contributed by atoms with Crippen molar-refractivity contribution in [2.45, 2.75) is 33.1 Å². The van der Waals surface area contributed by atoms with Crippen molar-refractivity contribution in [2.24, 2.45) is 0 Å². The fraction of sp³-hybridized carbons (Fsp3) is 0.333. The van der Waals surface area contributed by atoms with Crippen molar-refractivity contribution >= 4 is 23.2 Å². The van der Waals surface area contributed by atoms with Gasteiger partial charge in [0.05, 0.1) is 5.69 Å². The Kier molecular flexibility index (Phi) is 4.91. The molecule has 0 aliphatic carbocycles. The average Bonchev–Trinajstić information content (AvgIpc) is 2.59. The van der Waals surface area contributed by atoms with Crippen LogP contribution in [0.3, 0.4) is 0 Å². The molecule has 27 heavy (non-hydrogen) atoms. The van der Waals surface area contributed by atoms with Crippen LogP contribution in [-0.4, -0.2) is 25.0 Å². The molecule has 0 saturated heterocycles. The van der Waals surface area contributed by atoms with Crippen LogP contribution in [0.25, 0.3) is 0 Å². The number of carbonyl (C=O) groups excluding carboxylic acids is 2. The standard InChI is InChI=1S/C21H23FN2O3/c1-13-5-7-15(22)10-16(13)23-19(25)11-24-17-8-6-14(21(2,3)4)9-18(17)27-12-20(24)26/h5-10H,11-12H2,1-4H3,(H,23,25). The van der Waals surface area contributed by atoms with Crippen molar-refractivity contribution in [2.75, 3.05) is 23.4 Å². The highest BCUT2D eigenvalue weighted by molar-refractivity contribution is 6.05. The van der Waals surface area contributed by atoms with Gasteiger partial charge in [0.1, 0.15) is 18.1 Å². The van der Waals surface area contributed by atoms with Crippen molar-refractivity contribution in [1.29, 1.82) is 0 Å². The van der Waals surface area contributed by atoms with Crippen LogP contribution in [-0.2, 0) is 15.0 Å². The molecule has 1 heterocycles. The van der Waals surface area contributed by atoms with Gasteiger partial charge < -0.3 is 10.1 Å². The third kappa shape index (κ3) is 4.10. The molecule has 0 unspecified atom stereocenters. The normalized spacial score (nSPS) is 13.8. The highest BCUT2D eigenvalue weighted by Gasteiger charge is 2.29. The fourth-order valence-corrected chi connectivity index (χ4v) is 2.91. The van der Waals surface area contributed by atoms with Crippen molar-refractivity contribution in [1.82, 2.24) is 0 Å². The Hall–Kier alpha value is -2.89. The maximum absolute atomic E-state index is 13.4. The van der Waals surface area contributed by atoms with Gasteiger partial charge in [-0.3, -0.25) is 14.5 Å². The Morgan fingerprint density at radius 3 is 2.67 bits per heavy atom. The number of ether oxygens (including phenoxy) is 1. The van der Waals surface area contributed by atoms with Gasteiger partial charge in [-0.2, -0.15) is 0 Å². The molecule has 6 heteroatoms. The van der Waals surface area contributed by atoms with E-state index in [0.29, 0.717) is 17.1 Å². The average molecular weight is 370 g/mol. The summed E-state index contributed by atoms with van der Waals surface area (Å²) in [5.41, 5.74) is 2.72. The molecule has 2 amide bonds. The first-order chi connectivity index (χ1) is 12.6. The molecule has 0 radical (unpaired) electrons. The van der Waals surface area contributed by atoms with E-state index in [4.69, 9.17) is 4.74 Å². The van der Waals surface area contributed by atoms with Crippen molar-refractivity contribution in [3.63, 3.8) is 0 Å². The summed E-state index contributed by atoms with van der Waals surface area (Å²) in [5, 5.41) is 2.67. The highest BCUT2D eigenvalue weighted by atomic mass is 19.1. The van der Waals surface area contributed by atoms with E-state index in [1.54, 1.807) is 19.1 Å². The summed E-state index contributed by atoms with van der Waals surface area (Å²) in [6, 6.07) is 9.82. The molecule has 0 bridgehead atoms. The Morgan fingerprint density at radius 2 is 1.96 bits per heavy atom. The number of amides is 2. The number of fused-ring (bicyclic) bond motifs is 1. The summed E-state index contributed by atoms with van der Waals surface area (Å²) in [5.74, 6) is -0.544. The zero-order valence-corrected chi connectivity index (χ0v) is 15.9. The van der Waals surface area contributed by atoms with E-state index >= 15 is 0 Å². The second-order valence-corrected chi connectivity index (χ2v) is 7.71. The molecule has 142 valence electrons. The largest absolute Gasteiger partial charge is 0.482 e. The minimum atomic E-state index is -0.432. The number of rotatable bonds is 3. The summed E-state index contributed by atoms with van der Waals surface area (Å²) in [7, 11) is 0. The first-order valence-corrected chi connectivity index (χ1v) is 8.79. The summed E-state index contributed by atoms with van der Waals surface area (Å²) >= 11 is 0. The Balaban J connectivity index is 1.82. The molecule has 0 saturated carbocycles. The second kappa shape index (κ2) is 7.02. The van der Waals surface area contributed by atoms with Crippen molar-refractivity contribution in [3.05, 3.63) is 53.3 Å².